The Morgan fingerprint density at radius 1 is 0.509 bits per heavy atom. The lowest BCUT2D eigenvalue weighted by atomic mass is 9.81. The molecule has 1 aliphatic carbocycles. The standard InChI is InChI=1S/C43H42O10/c1-27(2)39(44)48-25-50-41(46)52-33-17-11-29(12-18-33)7-9-31-15-21-35-36-22-16-32(24-38(36)43(5,6)37(35)23-31)10-8-30-13-19-34(20-14-30)53-42(47)51-26-49-40(45)28(3)4/h11-24H,1,3,7-10,25-26H2,2,4-6H3. The van der Waals surface area contributed by atoms with Crippen LogP contribution in [0.25, 0.3) is 11.1 Å². The minimum atomic E-state index is -0.969. The zero-order chi connectivity index (χ0) is 38.1. The van der Waals surface area contributed by atoms with E-state index in [2.05, 4.69) is 63.4 Å². The van der Waals surface area contributed by atoms with Gasteiger partial charge in [0.25, 0.3) is 0 Å². The van der Waals surface area contributed by atoms with Crippen LogP contribution in [0.15, 0.2) is 109 Å². The van der Waals surface area contributed by atoms with E-state index in [1.165, 1.54) is 47.2 Å². The van der Waals surface area contributed by atoms with Crippen molar-refractivity contribution < 1.29 is 47.6 Å². The average molecular weight is 719 g/mol. The smallest absolute Gasteiger partial charge is 0.424 e. The highest BCUT2D eigenvalue weighted by Crippen LogP contribution is 2.49. The summed E-state index contributed by atoms with van der Waals surface area (Å²) in [6, 6.07) is 27.9. The molecular formula is C43H42O10. The Morgan fingerprint density at radius 3 is 1.21 bits per heavy atom. The molecule has 0 bridgehead atoms. The van der Waals surface area contributed by atoms with Crippen molar-refractivity contribution in [2.75, 3.05) is 13.6 Å². The fourth-order valence-corrected chi connectivity index (χ4v) is 5.93. The van der Waals surface area contributed by atoms with Gasteiger partial charge in [0.05, 0.1) is 0 Å². The summed E-state index contributed by atoms with van der Waals surface area (Å²) in [5.41, 5.74) is 10.0. The maximum atomic E-state index is 11.9. The normalized spacial score (nSPS) is 12.1. The van der Waals surface area contributed by atoms with Gasteiger partial charge in [-0.05, 0) is 108 Å². The van der Waals surface area contributed by atoms with Crippen molar-refractivity contribution in [2.24, 2.45) is 0 Å². The van der Waals surface area contributed by atoms with Crippen molar-refractivity contribution in [1.29, 1.82) is 0 Å². The number of ether oxygens (including phenoxy) is 6. The van der Waals surface area contributed by atoms with Crippen molar-refractivity contribution in [1.82, 2.24) is 0 Å². The van der Waals surface area contributed by atoms with Crippen LogP contribution in [0.3, 0.4) is 0 Å². The monoisotopic (exact) mass is 718 g/mol. The van der Waals surface area contributed by atoms with Crippen LogP contribution in [0, 0.1) is 0 Å². The van der Waals surface area contributed by atoms with Gasteiger partial charge >= 0.3 is 24.2 Å². The average Bonchev–Trinajstić information content (AvgIpc) is 3.35. The van der Waals surface area contributed by atoms with Gasteiger partial charge in [-0.15, -0.1) is 0 Å². The highest BCUT2D eigenvalue weighted by atomic mass is 16.8. The topological polar surface area (TPSA) is 124 Å². The molecule has 5 rings (SSSR count). The summed E-state index contributed by atoms with van der Waals surface area (Å²) in [5, 5.41) is 0. The number of rotatable bonds is 14. The van der Waals surface area contributed by atoms with Crippen molar-refractivity contribution in [3.63, 3.8) is 0 Å². The molecule has 0 amide bonds. The van der Waals surface area contributed by atoms with Gasteiger partial charge in [0.2, 0.25) is 13.6 Å². The summed E-state index contributed by atoms with van der Waals surface area (Å²) in [5.74, 6) is -0.654. The molecular weight excluding hydrogens is 676 g/mol. The predicted octanol–water partition coefficient (Wildman–Crippen LogP) is 8.75. The zero-order valence-electron chi connectivity index (χ0n) is 30.3. The Bertz CT molecular complexity index is 1880. The lowest BCUT2D eigenvalue weighted by Crippen LogP contribution is -2.16. The molecule has 10 nitrogen and oxygen atoms in total. The molecule has 274 valence electrons. The van der Waals surface area contributed by atoms with Crippen LogP contribution in [-0.2, 0) is 59.6 Å². The Hall–Kier alpha value is -6.16. The maximum absolute atomic E-state index is 11.9. The van der Waals surface area contributed by atoms with Crippen LogP contribution in [0.2, 0.25) is 0 Å². The maximum Gasteiger partial charge on any atom is 0.516 e. The van der Waals surface area contributed by atoms with Crippen LogP contribution < -0.4 is 9.47 Å². The lowest BCUT2D eigenvalue weighted by Gasteiger charge is -2.22. The molecule has 4 aromatic rings. The predicted molar refractivity (Wildman–Crippen MR) is 197 cm³/mol. The van der Waals surface area contributed by atoms with E-state index in [9.17, 15) is 19.2 Å². The zero-order valence-corrected chi connectivity index (χ0v) is 30.3. The van der Waals surface area contributed by atoms with E-state index in [4.69, 9.17) is 28.4 Å². The molecule has 0 aromatic heterocycles. The number of carbonyl (C=O) groups is 4. The largest absolute Gasteiger partial charge is 0.516 e. The van der Waals surface area contributed by atoms with E-state index >= 15 is 0 Å². The quantitative estimate of drug-likeness (QED) is 0.0541. The first-order valence-corrected chi connectivity index (χ1v) is 17.1. The molecule has 0 aliphatic heterocycles. The molecule has 0 saturated carbocycles. The van der Waals surface area contributed by atoms with E-state index in [-0.39, 0.29) is 16.6 Å². The van der Waals surface area contributed by atoms with Gasteiger partial charge in [0, 0.05) is 16.6 Å². The highest BCUT2D eigenvalue weighted by molar-refractivity contribution is 5.87. The minimum Gasteiger partial charge on any atom is -0.424 e. The molecule has 10 heteroatoms. The Labute approximate surface area is 308 Å². The number of benzene rings is 4. The molecule has 53 heavy (non-hydrogen) atoms. The summed E-state index contributed by atoms with van der Waals surface area (Å²) in [6.45, 7) is 13.4. The number of aryl methyl sites for hydroxylation is 4. The number of fused-ring (bicyclic) bond motifs is 3. The van der Waals surface area contributed by atoms with E-state index in [0.717, 1.165) is 36.8 Å². The third-order valence-corrected chi connectivity index (χ3v) is 8.89. The van der Waals surface area contributed by atoms with Crippen LogP contribution in [0.4, 0.5) is 9.59 Å². The van der Waals surface area contributed by atoms with Crippen LogP contribution in [0.5, 0.6) is 11.5 Å². The van der Waals surface area contributed by atoms with Gasteiger partial charge in [-0.3, -0.25) is 0 Å². The van der Waals surface area contributed by atoms with E-state index < -0.39 is 37.8 Å². The summed E-state index contributed by atoms with van der Waals surface area (Å²) in [4.78, 5) is 46.6. The van der Waals surface area contributed by atoms with Gasteiger partial charge in [0.1, 0.15) is 11.5 Å². The Morgan fingerprint density at radius 2 is 0.849 bits per heavy atom. The number of esters is 2. The second kappa shape index (κ2) is 16.9. The van der Waals surface area contributed by atoms with Crippen LogP contribution in [0.1, 0.15) is 61.1 Å². The summed E-state index contributed by atoms with van der Waals surface area (Å²) in [7, 11) is 0. The van der Waals surface area contributed by atoms with Crippen molar-refractivity contribution >= 4 is 24.2 Å². The summed E-state index contributed by atoms with van der Waals surface area (Å²) in [6.07, 6.45) is 1.37. The SMILES string of the molecule is C=C(C)C(=O)OCOC(=O)Oc1ccc(CCc2ccc3c(c2)C(C)(C)c2cc(CCc4ccc(OC(=O)OCOC(=O)C(=C)C)cc4)ccc2-3)cc1. The molecule has 1 aliphatic rings. The first kappa shape index (κ1) is 38.1. The number of carbonyl (C=O) groups excluding carboxylic acids is 4. The molecule has 0 heterocycles. The highest BCUT2D eigenvalue weighted by Gasteiger charge is 2.35. The third kappa shape index (κ3) is 10.0. The molecule has 0 unspecified atom stereocenters. The molecule has 0 radical (unpaired) electrons. The lowest BCUT2D eigenvalue weighted by molar-refractivity contribution is -0.148. The first-order valence-electron chi connectivity index (χ1n) is 17.1. The van der Waals surface area contributed by atoms with E-state index in [0.29, 0.717) is 11.5 Å². The van der Waals surface area contributed by atoms with Gasteiger partial charge < -0.3 is 28.4 Å². The van der Waals surface area contributed by atoms with Gasteiger partial charge in [-0.25, -0.2) is 19.2 Å². The van der Waals surface area contributed by atoms with Crippen molar-refractivity contribution in [3.8, 4) is 22.6 Å². The Kier molecular flexibility index (Phi) is 12.1. The van der Waals surface area contributed by atoms with Crippen molar-refractivity contribution in [3.05, 3.63) is 143 Å². The minimum absolute atomic E-state index is 0.163. The first-order chi connectivity index (χ1) is 25.3. The molecule has 4 aromatic carbocycles. The van der Waals surface area contributed by atoms with Crippen LogP contribution >= 0.6 is 0 Å². The molecule has 0 saturated heterocycles. The molecule has 0 atom stereocenters. The summed E-state index contributed by atoms with van der Waals surface area (Å²) < 4.78 is 29.3. The Balaban J connectivity index is 1.11. The van der Waals surface area contributed by atoms with Gasteiger partial charge in [-0.1, -0.05) is 87.7 Å². The van der Waals surface area contributed by atoms with Gasteiger partial charge in [0.15, 0.2) is 0 Å². The number of hydrogen-bond acceptors (Lipinski definition) is 10. The fraction of sp³-hybridized carbons (Fsp3) is 0.256. The third-order valence-electron chi connectivity index (χ3n) is 8.89. The second-order valence-corrected chi connectivity index (χ2v) is 13.3. The second-order valence-electron chi connectivity index (χ2n) is 13.3. The molecule has 0 spiro atoms. The van der Waals surface area contributed by atoms with E-state index in [1.54, 1.807) is 24.3 Å². The van der Waals surface area contributed by atoms with E-state index in [1.807, 2.05) is 24.3 Å². The number of hydrogen-bond donors (Lipinski definition) is 0. The van der Waals surface area contributed by atoms with Gasteiger partial charge in [-0.2, -0.15) is 0 Å². The van der Waals surface area contributed by atoms with Crippen LogP contribution in [-0.4, -0.2) is 37.8 Å². The summed E-state index contributed by atoms with van der Waals surface area (Å²) >= 11 is 0. The molecule has 0 fully saturated rings. The van der Waals surface area contributed by atoms with Crippen molar-refractivity contribution in [2.45, 2.75) is 58.8 Å². The fourth-order valence-electron chi connectivity index (χ4n) is 5.93. The molecule has 0 N–H and O–H groups in total.